The third kappa shape index (κ3) is 4.48. The van der Waals surface area contributed by atoms with Crippen molar-refractivity contribution in [1.29, 1.82) is 0 Å². The number of nitrogens with zero attached hydrogens (tertiary/aromatic N) is 2. The predicted molar refractivity (Wildman–Crippen MR) is 116 cm³/mol. The van der Waals surface area contributed by atoms with Crippen molar-refractivity contribution >= 4 is 32.9 Å². The van der Waals surface area contributed by atoms with E-state index in [0.29, 0.717) is 31.0 Å². The second-order valence-electron chi connectivity index (χ2n) is 6.63. The predicted octanol–water partition coefficient (Wildman–Crippen LogP) is 2.87. The summed E-state index contributed by atoms with van der Waals surface area (Å²) in [6.45, 7) is 0.823. The van der Waals surface area contributed by atoms with Crippen LogP contribution in [0, 0.1) is 0 Å². The highest BCUT2D eigenvalue weighted by Crippen LogP contribution is 2.33. The van der Waals surface area contributed by atoms with Crippen molar-refractivity contribution in [3.05, 3.63) is 56.9 Å². The van der Waals surface area contributed by atoms with Gasteiger partial charge in [0.1, 0.15) is 0 Å². The van der Waals surface area contributed by atoms with E-state index < -0.39 is 0 Å². The molecule has 1 N–H and O–H groups in total. The van der Waals surface area contributed by atoms with Crippen molar-refractivity contribution in [1.82, 2.24) is 14.5 Å². The van der Waals surface area contributed by atoms with E-state index in [9.17, 15) is 9.59 Å². The van der Waals surface area contributed by atoms with Crippen LogP contribution in [0.4, 0.5) is 0 Å². The molecule has 0 aliphatic heterocycles. The highest BCUT2D eigenvalue weighted by atomic mass is 79.9. The third-order valence-corrected chi connectivity index (χ3v) is 5.62. The molecule has 3 rings (SSSR count). The van der Waals surface area contributed by atoms with Crippen molar-refractivity contribution in [2.75, 3.05) is 20.8 Å². The Morgan fingerprint density at radius 1 is 1.10 bits per heavy atom. The number of methoxy groups -OCH3 is 2. The number of hydrogen-bond acceptors (Lipinski definition) is 4. The van der Waals surface area contributed by atoms with Gasteiger partial charge in [-0.3, -0.25) is 13.9 Å². The van der Waals surface area contributed by atoms with Crippen LogP contribution in [0.3, 0.4) is 0 Å². The van der Waals surface area contributed by atoms with Crippen LogP contribution in [0.1, 0.15) is 12.0 Å². The Morgan fingerprint density at radius 2 is 1.76 bits per heavy atom. The molecule has 0 spiro atoms. The Labute approximate surface area is 177 Å². The van der Waals surface area contributed by atoms with Gasteiger partial charge in [-0.1, -0.05) is 28.1 Å². The van der Waals surface area contributed by atoms with Crippen LogP contribution in [-0.4, -0.2) is 35.8 Å². The number of nitrogens with one attached hydrogen (secondary N) is 1. The quantitative estimate of drug-likeness (QED) is 0.559. The molecule has 1 amide bonds. The Morgan fingerprint density at radius 3 is 2.45 bits per heavy atom. The average Bonchev–Trinajstić information content (AvgIpc) is 2.97. The normalized spacial score (nSPS) is 10.9. The molecule has 8 heteroatoms. The van der Waals surface area contributed by atoms with Crippen LogP contribution in [0.15, 0.2) is 45.7 Å². The van der Waals surface area contributed by atoms with Crippen LogP contribution in [0.25, 0.3) is 11.0 Å². The molecule has 1 heterocycles. The fourth-order valence-electron chi connectivity index (χ4n) is 3.31. The molecule has 3 aromatic rings. The maximum atomic E-state index is 12.4. The second-order valence-corrected chi connectivity index (χ2v) is 7.48. The first-order valence-corrected chi connectivity index (χ1v) is 10.1. The number of imidazole rings is 1. The van der Waals surface area contributed by atoms with E-state index >= 15 is 0 Å². The lowest BCUT2D eigenvalue weighted by Crippen LogP contribution is -2.29. The van der Waals surface area contributed by atoms with Gasteiger partial charge in [-0.25, -0.2) is 4.79 Å². The van der Waals surface area contributed by atoms with Crippen LogP contribution in [0.5, 0.6) is 11.5 Å². The fraction of sp³-hybridized carbons (Fsp3) is 0.333. The molecule has 2 aromatic carbocycles. The van der Waals surface area contributed by atoms with E-state index in [0.717, 1.165) is 21.1 Å². The van der Waals surface area contributed by atoms with Crippen molar-refractivity contribution in [3.63, 3.8) is 0 Å². The van der Waals surface area contributed by atoms with Gasteiger partial charge in [-0.15, -0.1) is 0 Å². The minimum Gasteiger partial charge on any atom is -0.493 e. The smallest absolute Gasteiger partial charge is 0.328 e. The lowest BCUT2D eigenvalue weighted by atomic mass is 10.1. The third-order valence-electron chi connectivity index (χ3n) is 4.88. The van der Waals surface area contributed by atoms with Gasteiger partial charge < -0.3 is 14.8 Å². The number of carbonyl (C=O) groups excluding carboxylic acids is 1. The van der Waals surface area contributed by atoms with Gasteiger partial charge in [0, 0.05) is 31.0 Å². The number of amides is 1. The molecule has 154 valence electrons. The first-order valence-electron chi connectivity index (χ1n) is 9.27. The monoisotopic (exact) mass is 461 g/mol. The van der Waals surface area contributed by atoms with Gasteiger partial charge in [-0.05, 0) is 36.2 Å². The fourth-order valence-corrected chi connectivity index (χ4v) is 3.83. The first-order chi connectivity index (χ1) is 14.0. The Kier molecular flexibility index (Phi) is 6.64. The van der Waals surface area contributed by atoms with Gasteiger partial charge in [0.2, 0.25) is 5.91 Å². The number of aromatic nitrogens is 2. The molecule has 0 saturated heterocycles. The number of halogens is 1. The van der Waals surface area contributed by atoms with E-state index in [4.69, 9.17) is 9.47 Å². The summed E-state index contributed by atoms with van der Waals surface area (Å²) in [7, 11) is 4.92. The Balaban J connectivity index is 1.58. The first kappa shape index (κ1) is 21.0. The highest BCUT2D eigenvalue weighted by Gasteiger charge is 2.12. The number of carbonyl (C=O) groups is 1. The van der Waals surface area contributed by atoms with Gasteiger partial charge in [0.15, 0.2) is 11.5 Å². The van der Waals surface area contributed by atoms with Gasteiger partial charge in [0.05, 0.1) is 25.3 Å². The highest BCUT2D eigenvalue weighted by molar-refractivity contribution is 9.10. The number of rotatable bonds is 8. The maximum Gasteiger partial charge on any atom is 0.328 e. The molecule has 0 atom stereocenters. The number of para-hydroxylation sites is 2. The molecule has 29 heavy (non-hydrogen) atoms. The van der Waals surface area contributed by atoms with E-state index in [1.54, 1.807) is 30.4 Å². The van der Waals surface area contributed by atoms with E-state index in [-0.39, 0.29) is 18.0 Å². The topological polar surface area (TPSA) is 74.5 Å². The van der Waals surface area contributed by atoms with E-state index in [2.05, 4.69) is 21.2 Å². The summed E-state index contributed by atoms with van der Waals surface area (Å²) in [6, 6.07) is 11.3. The van der Waals surface area contributed by atoms with Crippen molar-refractivity contribution in [3.8, 4) is 11.5 Å². The minimum atomic E-state index is -0.117. The minimum absolute atomic E-state index is 0.0959. The summed E-state index contributed by atoms with van der Waals surface area (Å²) in [5.41, 5.74) is 2.58. The molecule has 0 radical (unpaired) electrons. The zero-order valence-corrected chi connectivity index (χ0v) is 18.3. The lowest BCUT2D eigenvalue weighted by Gasteiger charge is -2.12. The standard InChI is InChI=1S/C21H24BrN3O4/c1-24-16-6-4-5-7-17(16)25(21(24)27)11-9-20(26)23-10-8-14-12-18(28-2)19(29-3)13-15(14)22/h4-7,12-13H,8-11H2,1-3H3,(H,23,26). The van der Waals surface area contributed by atoms with Gasteiger partial charge in [-0.2, -0.15) is 0 Å². The largest absolute Gasteiger partial charge is 0.493 e. The van der Waals surface area contributed by atoms with Crippen molar-refractivity contribution < 1.29 is 14.3 Å². The summed E-state index contributed by atoms with van der Waals surface area (Å²) >= 11 is 3.52. The van der Waals surface area contributed by atoms with Crippen LogP contribution in [-0.2, 0) is 24.8 Å². The average molecular weight is 462 g/mol. The zero-order valence-electron chi connectivity index (χ0n) is 16.7. The van der Waals surface area contributed by atoms with E-state index in [1.807, 2.05) is 36.4 Å². The molecule has 0 aliphatic carbocycles. The summed E-state index contributed by atoms with van der Waals surface area (Å²) in [6.07, 6.45) is 0.877. The molecule has 7 nitrogen and oxygen atoms in total. The Hall–Kier alpha value is -2.74. The Bertz CT molecular complexity index is 1090. The number of fused-ring (bicyclic) bond motifs is 1. The summed E-state index contributed by atoms with van der Waals surface area (Å²) in [5.74, 6) is 1.20. The van der Waals surface area contributed by atoms with Crippen LogP contribution in [0.2, 0.25) is 0 Å². The molecular weight excluding hydrogens is 438 g/mol. The molecule has 0 unspecified atom stereocenters. The number of aryl methyl sites for hydroxylation is 2. The molecule has 1 aromatic heterocycles. The number of benzene rings is 2. The molecule has 0 aliphatic rings. The lowest BCUT2D eigenvalue weighted by molar-refractivity contribution is -0.121. The summed E-state index contributed by atoms with van der Waals surface area (Å²) in [5, 5.41) is 2.92. The second kappa shape index (κ2) is 9.17. The number of hydrogen-bond donors (Lipinski definition) is 1. The van der Waals surface area contributed by atoms with Crippen molar-refractivity contribution in [2.45, 2.75) is 19.4 Å². The zero-order chi connectivity index (χ0) is 21.0. The van der Waals surface area contributed by atoms with Gasteiger partial charge in [0.25, 0.3) is 0 Å². The summed E-state index contributed by atoms with van der Waals surface area (Å²) in [4.78, 5) is 24.7. The van der Waals surface area contributed by atoms with Crippen LogP contribution >= 0.6 is 15.9 Å². The van der Waals surface area contributed by atoms with Gasteiger partial charge >= 0.3 is 5.69 Å². The molecular formula is C21H24BrN3O4. The molecule has 0 saturated carbocycles. The SMILES string of the molecule is COc1cc(Br)c(CCNC(=O)CCn2c(=O)n(C)c3ccccc32)cc1OC. The van der Waals surface area contributed by atoms with Crippen molar-refractivity contribution in [2.24, 2.45) is 7.05 Å². The molecule has 0 fully saturated rings. The molecule has 0 bridgehead atoms. The van der Waals surface area contributed by atoms with E-state index in [1.165, 1.54) is 0 Å². The number of ether oxygens (including phenoxy) is 2. The summed E-state index contributed by atoms with van der Waals surface area (Å²) < 4.78 is 14.7. The van der Waals surface area contributed by atoms with Crippen LogP contribution < -0.4 is 20.5 Å². The maximum absolute atomic E-state index is 12.4.